The summed E-state index contributed by atoms with van der Waals surface area (Å²) in [4.78, 5) is 0. The molecule has 200 valence electrons. The topological polar surface area (TPSA) is 0 Å². The standard InChI is InChI=1S/C30H51Cl2P3/c1-27(2,3)34(28(4,5)6,23-19-15-13-16-20-23)33(25(31)26(33)32)35(29(7,8)9,30(10,11)12)24-21-17-14-18-22-24/h13-22,25-26,33-35H,1-12H3. The zero-order chi connectivity index (χ0) is 26.9. The van der Waals surface area contributed by atoms with Gasteiger partial charge < -0.3 is 0 Å². The molecule has 1 fully saturated rings. The Bertz CT molecular complexity index is 908. The fourth-order valence-electron chi connectivity index (χ4n) is 9.73. The molecule has 1 heterocycles. The van der Waals surface area contributed by atoms with Crippen LogP contribution < -0.4 is 10.6 Å². The Morgan fingerprint density at radius 1 is 0.486 bits per heavy atom. The molecule has 5 heteroatoms. The van der Waals surface area contributed by atoms with Crippen molar-refractivity contribution in [2.24, 2.45) is 0 Å². The van der Waals surface area contributed by atoms with Crippen LogP contribution in [0.4, 0.5) is 0 Å². The fourth-order valence-corrected chi connectivity index (χ4v) is 86.3. The summed E-state index contributed by atoms with van der Waals surface area (Å²) in [5.74, 6) is 0. The monoisotopic (exact) mass is 574 g/mol. The Hall–Kier alpha value is 0.310. The number of rotatable bonds is 4. The van der Waals surface area contributed by atoms with E-state index in [0.29, 0.717) is 0 Å². The van der Waals surface area contributed by atoms with Crippen molar-refractivity contribution < 1.29 is 0 Å². The first kappa shape index (κ1) is 29.9. The molecule has 0 aliphatic carbocycles. The van der Waals surface area contributed by atoms with Crippen LogP contribution in [0.2, 0.25) is 0 Å². The third kappa shape index (κ3) is 3.86. The van der Waals surface area contributed by atoms with E-state index in [2.05, 4.69) is 144 Å². The van der Waals surface area contributed by atoms with Crippen LogP contribution in [0, 0.1) is 0 Å². The second-order valence-electron chi connectivity index (χ2n) is 14.9. The van der Waals surface area contributed by atoms with Gasteiger partial charge in [0.15, 0.2) is 0 Å². The van der Waals surface area contributed by atoms with E-state index < -0.39 is 20.5 Å². The van der Waals surface area contributed by atoms with Gasteiger partial charge in [-0.05, 0) is 0 Å². The van der Waals surface area contributed by atoms with E-state index in [1.165, 1.54) is 0 Å². The van der Waals surface area contributed by atoms with Gasteiger partial charge in [-0.2, -0.15) is 0 Å². The van der Waals surface area contributed by atoms with Crippen LogP contribution in [-0.2, 0) is 0 Å². The average molecular weight is 576 g/mol. The molecule has 0 saturated carbocycles. The Labute approximate surface area is 228 Å². The summed E-state index contributed by atoms with van der Waals surface area (Å²) >= 11 is 15.5. The Morgan fingerprint density at radius 3 is 0.886 bits per heavy atom. The van der Waals surface area contributed by atoms with Gasteiger partial charge in [0, 0.05) is 0 Å². The molecule has 35 heavy (non-hydrogen) atoms. The molecule has 1 saturated heterocycles. The van der Waals surface area contributed by atoms with Crippen molar-refractivity contribution in [3.63, 3.8) is 0 Å². The second kappa shape index (κ2) is 9.20. The van der Waals surface area contributed by atoms with Crippen LogP contribution >= 0.6 is 43.7 Å². The summed E-state index contributed by atoms with van der Waals surface area (Å²) in [6.07, 6.45) is 0. The van der Waals surface area contributed by atoms with Gasteiger partial charge in [0.2, 0.25) is 0 Å². The van der Waals surface area contributed by atoms with E-state index >= 15 is 0 Å². The Morgan fingerprint density at radius 2 is 0.714 bits per heavy atom. The van der Waals surface area contributed by atoms with Crippen molar-refractivity contribution in [2.75, 3.05) is 0 Å². The van der Waals surface area contributed by atoms with Crippen molar-refractivity contribution >= 4 is 54.4 Å². The predicted octanol–water partition coefficient (Wildman–Crippen LogP) is 10.1. The van der Waals surface area contributed by atoms with Crippen molar-refractivity contribution in [3.05, 3.63) is 60.7 Å². The molecule has 0 nitrogen and oxygen atoms in total. The minimum absolute atomic E-state index is 0.0832. The number of hydrogen-bond acceptors (Lipinski definition) is 0. The van der Waals surface area contributed by atoms with Crippen LogP contribution in [0.3, 0.4) is 0 Å². The second-order valence-corrected chi connectivity index (χ2v) is 40.7. The molecule has 0 bridgehead atoms. The van der Waals surface area contributed by atoms with Crippen molar-refractivity contribution in [2.45, 2.75) is 114 Å². The summed E-state index contributed by atoms with van der Waals surface area (Å²) in [6, 6.07) is 23.1. The molecule has 2 unspecified atom stereocenters. The van der Waals surface area contributed by atoms with E-state index in [1.807, 2.05) is 0 Å². The molecular weight excluding hydrogens is 524 g/mol. The molecule has 3 rings (SSSR count). The van der Waals surface area contributed by atoms with Crippen LogP contribution in [0.25, 0.3) is 0 Å². The van der Waals surface area contributed by atoms with E-state index in [4.69, 9.17) is 23.2 Å². The molecular formula is C30H51Cl2P3. The number of halogens is 2. The van der Waals surface area contributed by atoms with Gasteiger partial charge in [0.05, 0.1) is 0 Å². The summed E-state index contributed by atoms with van der Waals surface area (Å²) < 4.78 is 0. The number of alkyl halides is 2. The molecule has 1 aliphatic heterocycles. The summed E-state index contributed by atoms with van der Waals surface area (Å²) in [5.41, 5.74) is 0. The number of benzene rings is 2. The van der Waals surface area contributed by atoms with E-state index in [1.54, 1.807) is 10.6 Å². The molecule has 0 amide bonds. The molecule has 0 N–H and O–H groups in total. The molecule has 0 spiro atoms. The minimum atomic E-state index is -2.43. The SMILES string of the molecule is CC(C)(C)[PH](c1ccccc1)(C(C)(C)C)[PH]1([PH](c2ccccc2)(C(C)(C)C)C(C)(C)C)C(Cl)C1Cl. The van der Waals surface area contributed by atoms with Crippen LogP contribution in [0.15, 0.2) is 60.7 Å². The van der Waals surface area contributed by atoms with E-state index in [-0.39, 0.29) is 30.9 Å². The van der Waals surface area contributed by atoms with Crippen molar-refractivity contribution in [1.82, 2.24) is 0 Å². The van der Waals surface area contributed by atoms with Crippen LogP contribution in [0.1, 0.15) is 83.1 Å². The van der Waals surface area contributed by atoms with Gasteiger partial charge in [-0.3, -0.25) is 0 Å². The van der Waals surface area contributed by atoms with Gasteiger partial charge in [-0.1, -0.05) is 0 Å². The fraction of sp³-hybridized carbons (Fsp3) is 0.600. The first-order valence-electron chi connectivity index (χ1n) is 13.2. The summed E-state index contributed by atoms with van der Waals surface area (Å²) in [7, 11) is 0. The molecule has 1 aliphatic rings. The predicted molar refractivity (Wildman–Crippen MR) is 175 cm³/mol. The molecule has 0 radical (unpaired) electrons. The summed E-state index contributed by atoms with van der Waals surface area (Å²) in [5, 5.41) is 3.69. The molecule has 2 aromatic carbocycles. The average Bonchev–Trinajstić information content (AvgIpc) is 3.21. The van der Waals surface area contributed by atoms with Gasteiger partial charge in [-0.25, -0.2) is 0 Å². The zero-order valence-electron chi connectivity index (χ0n) is 24.2. The molecule has 2 aromatic rings. The normalized spacial score (nSPS) is 23.5. The molecule has 0 aromatic heterocycles. The van der Waals surface area contributed by atoms with Crippen molar-refractivity contribution in [3.8, 4) is 0 Å². The van der Waals surface area contributed by atoms with E-state index in [0.717, 1.165) is 0 Å². The maximum atomic E-state index is 7.75. The van der Waals surface area contributed by atoms with Crippen LogP contribution in [-0.4, -0.2) is 30.9 Å². The van der Waals surface area contributed by atoms with Gasteiger partial charge in [-0.15, -0.1) is 0 Å². The summed E-state index contributed by atoms with van der Waals surface area (Å²) in [6.45, 7) is 23.0. The first-order chi connectivity index (χ1) is 15.8. The van der Waals surface area contributed by atoms with Crippen LogP contribution in [0.5, 0.6) is 0 Å². The maximum absolute atomic E-state index is 7.75. The zero-order valence-corrected chi connectivity index (χ0v) is 28.7. The quantitative estimate of drug-likeness (QED) is 0.251. The van der Waals surface area contributed by atoms with Crippen molar-refractivity contribution in [1.29, 1.82) is 0 Å². The molecule has 2 atom stereocenters. The van der Waals surface area contributed by atoms with Gasteiger partial charge in [0.25, 0.3) is 0 Å². The Balaban J connectivity index is 2.73. The van der Waals surface area contributed by atoms with Gasteiger partial charge >= 0.3 is 229 Å². The number of hydrogen-bond donors (Lipinski definition) is 0. The third-order valence-corrected chi connectivity index (χ3v) is 59.1. The van der Waals surface area contributed by atoms with E-state index in [9.17, 15) is 0 Å². The first-order valence-corrected chi connectivity index (χ1v) is 22.2. The Kier molecular flexibility index (Phi) is 7.85. The van der Waals surface area contributed by atoms with Gasteiger partial charge in [0.1, 0.15) is 0 Å². The third-order valence-electron chi connectivity index (χ3n) is 9.17.